The Morgan fingerprint density at radius 2 is 2.29 bits per heavy atom. The summed E-state index contributed by atoms with van der Waals surface area (Å²) in [4.78, 5) is 14.7. The number of rotatable bonds is 3. The maximum Gasteiger partial charge on any atom is 0.201 e. The zero-order valence-electron chi connectivity index (χ0n) is 8.45. The van der Waals surface area contributed by atoms with Gasteiger partial charge in [-0.1, -0.05) is 19.8 Å². The molecule has 1 aromatic heterocycles. The second-order valence-corrected chi connectivity index (χ2v) is 4.03. The number of carbonyl (C=O) groups is 1. The molecule has 1 heterocycles. The van der Waals surface area contributed by atoms with Crippen molar-refractivity contribution in [2.24, 2.45) is 0 Å². The van der Waals surface area contributed by atoms with Crippen LogP contribution in [0.15, 0.2) is 10.6 Å². The van der Waals surface area contributed by atoms with Crippen molar-refractivity contribution in [2.45, 2.75) is 44.4 Å². The fourth-order valence-electron chi connectivity index (χ4n) is 2.36. The summed E-state index contributed by atoms with van der Waals surface area (Å²) in [5, 5.41) is 0. The highest BCUT2D eigenvalue weighted by atomic mass is 16.4. The second-order valence-electron chi connectivity index (χ2n) is 4.03. The number of carbonyl (C=O) groups excluding carboxylic acids is 1. The van der Waals surface area contributed by atoms with Gasteiger partial charge in [-0.3, -0.25) is 4.79 Å². The van der Waals surface area contributed by atoms with Crippen molar-refractivity contribution >= 4 is 6.29 Å². The first-order chi connectivity index (χ1) is 6.80. The summed E-state index contributed by atoms with van der Waals surface area (Å²) in [6, 6.07) is 0. The van der Waals surface area contributed by atoms with E-state index in [2.05, 4.69) is 11.9 Å². The van der Waals surface area contributed by atoms with Crippen molar-refractivity contribution in [3.05, 3.63) is 17.8 Å². The summed E-state index contributed by atoms with van der Waals surface area (Å²) in [5.41, 5.74) is 0.112. The molecule has 1 aliphatic rings. The lowest BCUT2D eigenvalue weighted by atomic mass is 9.83. The van der Waals surface area contributed by atoms with Crippen LogP contribution in [-0.2, 0) is 5.41 Å². The molecule has 0 amide bonds. The molecule has 0 bridgehead atoms. The van der Waals surface area contributed by atoms with E-state index in [9.17, 15) is 4.79 Å². The maximum atomic E-state index is 10.5. The van der Waals surface area contributed by atoms with Crippen molar-refractivity contribution in [3.63, 3.8) is 0 Å². The lowest BCUT2D eigenvalue weighted by molar-refractivity contribution is 0.109. The molecule has 1 aromatic rings. The minimum atomic E-state index is 0.112. The Morgan fingerprint density at radius 3 is 2.79 bits per heavy atom. The van der Waals surface area contributed by atoms with Gasteiger partial charge in [0.05, 0.1) is 6.20 Å². The Kier molecular flexibility index (Phi) is 2.40. The Hall–Kier alpha value is -1.12. The standard InChI is InChI=1S/C11H15NO2/c1-2-11(5-3-4-6-11)10-12-7-9(8-13)14-10/h7-8H,2-6H2,1H3. The number of hydrogen-bond donors (Lipinski definition) is 0. The summed E-state index contributed by atoms with van der Waals surface area (Å²) in [7, 11) is 0. The molecule has 1 saturated carbocycles. The highest BCUT2D eigenvalue weighted by Gasteiger charge is 2.38. The molecule has 14 heavy (non-hydrogen) atoms. The molecule has 0 aromatic carbocycles. The van der Waals surface area contributed by atoms with E-state index in [0.717, 1.165) is 31.4 Å². The van der Waals surface area contributed by atoms with E-state index in [1.54, 1.807) is 0 Å². The van der Waals surface area contributed by atoms with Gasteiger partial charge in [0.1, 0.15) is 0 Å². The van der Waals surface area contributed by atoms with Crippen LogP contribution < -0.4 is 0 Å². The average molecular weight is 193 g/mol. The van der Waals surface area contributed by atoms with Crippen LogP contribution in [0, 0.1) is 0 Å². The van der Waals surface area contributed by atoms with Crippen LogP contribution >= 0.6 is 0 Å². The third kappa shape index (κ3) is 1.37. The van der Waals surface area contributed by atoms with E-state index in [1.165, 1.54) is 19.0 Å². The van der Waals surface area contributed by atoms with Gasteiger partial charge in [0.15, 0.2) is 12.0 Å². The smallest absolute Gasteiger partial charge is 0.201 e. The molecule has 2 rings (SSSR count). The predicted octanol–water partition coefficient (Wildman–Crippen LogP) is 2.71. The molecule has 0 radical (unpaired) electrons. The van der Waals surface area contributed by atoms with Crippen LogP contribution in [0.4, 0.5) is 0 Å². The molecular formula is C11H15NO2. The Morgan fingerprint density at radius 1 is 1.57 bits per heavy atom. The number of aldehydes is 1. The van der Waals surface area contributed by atoms with Crippen LogP contribution in [0.2, 0.25) is 0 Å². The maximum absolute atomic E-state index is 10.5. The molecule has 0 aliphatic heterocycles. The van der Waals surface area contributed by atoms with E-state index >= 15 is 0 Å². The highest BCUT2D eigenvalue weighted by Crippen LogP contribution is 2.43. The summed E-state index contributed by atoms with van der Waals surface area (Å²) < 4.78 is 5.43. The number of hydrogen-bond acceptors (Lipinski definition) is 3. The van der Waals surface area contributed by atoms with Gasteiger partial charge in [0.2, 0.25) is 5.89 Å². The highest BCUT2D eigenvalue weighted by molar-refractivity contribution is 5.69. The third-order valence-corrected chi connectivity index (χ3v) is 3.33. The molecule has 0 atom stereocenters. The van der Waals surface area contributed by atoms with Gasteiger partial charge >= 0.3 is 0 Å². The van der Waals surface area contributed by atoms with Gasteiger partial charge in [0.25, 0.3) is 0 Å². The van der Waals surface area contributed by atoms with Crippen molar-refractivity contribution in [1.82, 2.24) is 4.98 Å². The van der Waals surface area contributed by atoms with Crippen LogP contribution in [0.3, 0.4) is 0 Å². The molecule has 3 nitrogen and oxygen atoms in total. The van der Waals surface area contributed by atoms with Gasteiger partial charge in [-0.05, 0) is 19.3 Å². The molecule has 0 unspecified atom stereocenters. The van der Waals surface area contributed by atoms with Crippen molar-refractivity contribution < 1.29 is 9.21 Å². The molecule has 1 fully saturated rings. The summed E-state index contributed by atoms with van der Waals surface area (Å²) in [5.74, 6) is 1.11. The van der Waals surface area contributed by atoms with E-state index in [4.69, 9.17) is 4.42 Å². The van der Waals surface area contributed by atoms with Gasteiger partial charge in [0, 0.05) is 5.41 Å². The normalized spacial score (nSPS) is 19.8. The van der Waals surface area contributed by atoms with E-state index in [-0.39, 0.29) is 5.41 Å². The minimum Gasteiger partial charge on any atom is -0.437 e. The van der Waals surface area contributed by atoms with Crippen LogP contribution in [-0.4, -0.2) is 11.3 Å². The van der Waals surface area contributed by atoms with Gasteiger partial charge in [-0.25, -0.2) is 4.98 Å². The fraction of sp³-hybridized carbons (Fsp3) is 0.636. The van der Waals surface area contributed by atoms with Crippen molar-refractivity contribution in [3.8, 4) is 0 Å². The van der Waals surface area contributed by atoms with Crippen LogP contribution in [0.25, 0.3) is 0 Å². The van der Waals surface area contributed by atoms with E-state index in [1.807, 2.05) is 0 Å². The Balaban J connectivity index is 2.30. The number of oxazole rings is 1. The first-order valence-electron chi connectivity index (χ1n) is 5.22. The van der Waals surface area contributed by atoms with Crippen LogP contribution in [0.1, 0.15) is 55.5 Å². The van der Waals surface area contributed by atoms with Crippen molar-refractivity contribution in [1.29, 1.82) is 0 Å². The largest absolute Gasteiger partial charge is 0.437 e. The summed E-state index contributed by atoms with van der Waals surface area (Å²) in [6.07, 6.45) is 8.06. The van der Waals surface area contributed by atoms with E-state index < -0.39 is 0 Å². The molecule has 0 N–H and O–H groups in total. The molecule has 0 saturated heterocycles. The van der Waals surface area contributed by atoms with E-state index in [0.29, 0.717) is 5.76 Å². The lowest BCUT2D eigenvalue weighted by Crippen LogP contribution is -2.20. The van der Waals surface area contributed by atoms with Crippen LogP contribution in [0.5, 0.6) is 0 Å². The second kappa shape index (κ2) is 3.56. The molecular weight excluding hydrogens is 178 g/mol. The molecule has 3 heteroatoms. The first-order valence-corrected chi connectivity index (χ1v) is 5.22. The zero-order chi connectivity index (χ0) is 10.0. The lowest BCUT2D eigenvalue weighted by Gasteiger charge is -2.22. The first kappa shape index (κ1) is 9.44. The number of aromatic nitrogens is 1. The summed E-state index contributed by atoms with van der Waals surface area (Å²) in [6.45, 7) is 2.16. The van der Waals surface area contributed by atoms with Crippen molar-refractivity contribution in [2.75, 3.05) is 0 Å². The SMILES string of the molecule is CCC1(c2ncc(C=O)o2)CCCC1. The molecule has 0 spiro atoms. The molecule has 1 aliphatic carbocycles. The number of nitrogens with zero attached hydrogens (tertiary/aromatic N) is 1. The Bertz CT molecular complexity index is 324. The van der Waals surface area contributed by atoms with Gasteiger partial charge in [-0.15, -0.1) is 0 Å². The quantitative estimate of drug-likeness (QED) is 0.693. The van der Waals surface area contributed by atoms with Gasteiger partial charge in [-0.2, -0.15) is 0 Å². The average Bonchev–Trinajstić information content (AvgIpc) is 2.87. The topological polar surface area (TPSA) is 43.1 Å². The predicted molar refractivity (Wildman–Crippen MR) is 52.3 cm³/mol. The summed E-state index contributed by atoms with van der Waals surface area (Å²) >= 11 is 0. The Labute approximate surface area is 83.5 Å². The van der Waals surface area contributed by atoms with Gasteiger partial charge < -0.3 is 4.42 Å². The fourth-order valence-corrected chi connectivity index (χ4v) is 2.36. The zero-order valence-corrected chi connectivity index (χ0v) is 8.45. The third-order valence-electron chi connectivity index (χ3n) is 3.33. The minimum absolute atomic E-state index is 0.112. The monoisotopic (exact) mass is 193 g/mol. The molecule has 76 valence electrons.